The number of hydrogen-bond donors (Lipinski definition) is 0. The molecular formula is C11H21NO3S. The highest BCUT2D eigenvalue weighted by Crippen LogP contribution is 2.24. The Morgan fingerprint density at radius 1 is 1.56 bits per heavy atom. The normalized spacial score (nSPS) is 17.2. The van der Waals surface area contributed by atoms with Crippen LogP contribution in [0.15, 0.2) is 0 Å². The lowest BCUT2D eigenvalue weighted by Crippen LogP contribution is -2.41. The van der Waals surface area contributed by atoms with Gasteiger partial charge in [-0.3, -0.25) is 4.79 Å². The molecule has 0 bridgehead atoms. The van der Waals surface area contributed by atoms with Gasteiger partial charge in [0.2, 0.25) is 0 Å². The number of hydrogen-bond acceptors (Lipinski definition) is 4. The van der Waals surface area contributed by atoms with Crippen LogP contribution in [0, 0.1) is 5.92 Å². The molecule has 0 aromatic heterocycles. The van der Waals surface area contributed by atoms with Gasteiger partial charge in [0.1, 0.15) is 6.29 Å². The number of esters is 1. The Hall–Kier alpha value is -0.550. The zero-order valence-corrected chi connectivity index (χ0v) is 10.9. The van der Waals surface area contributed by atoms with E-state index >= 15 is 0 Å². The fourth-order valence-corrected chi connectivity index (χ4v) is 1.85. The number of nitrogens with zero attached hydrogens (tertiary/aromatic N) is 1. The van der Waals surface area contributed by atoms with Crippen molar-refractivity contribution in [2.75, 3.05) is 20.7 Å². The maximum Gasteiger partial charge on any atom is 0.310 e. The lowest BCUT2D eigenvalue weighted by molar-refractivity contribution is -0.147. The predicted octanol–water partition coefficient (Wildman–Crippen LogP) is 0.962. The lowest BCUT2D eigenvalue weighted by Gasteiger charge is -2.36. The van der Waals surface area contributed by atoms with Gasteiger partial charge >= 0.3 is 5.97 Å². The van der Waals surface area contributed by atoms with Gasteiger partial charge in [-0.2, -0.15) is 13.5 Å². The first kappa shape index (κ1) is 15.4. The number of carbonyl (C=O) groups is 2. The second-order valence-corrected chi connectivity index (χ2v) is 4.15. The molecule has 0 N–H and O–H groups in total. The van der Waals surface area contributed by atoms with Gasteiger partial charge in [-0.1, -0.05) is 6.42 Å². The minimum Gasteiger partial charge on any atom is -0.469 e. The van der Waals surface area contributed by atoms with Crippen molar-refractivity contribution in [2.24, 2.45) is 5.92 Å². The average molecular weight is 247 g/mol. The molecule has 0 aromatic carbocycles. The molecule has 1 fully saturated rings. The molecule has 4 nitrogen and oxygen atoms in total. The Morgan fingerprint density at radius 3 is 2.56 bits per heavy atom. The van der Waals surface area contributed by atoms with Crippen LogP contribution in [0.1, 0.15) is 25.7 Å². The molecule has 1 unspecified atom stereocenters. The first-order valence-electron chi connectivity index (χ1n) is 5.40. The molecule has 1 aliphatic carbocycles. The van der Waals surface area contributed by atoms with Crippen LogP contribution in [0.3, 0.4) is 0 Å². The Labute approximate surface area is 104 Å². The lowest BCUT2D eigenvalue weighted by atomic mass is 9.91. The van der Waals surface area contributed by atoms with Gasteiger partial charge in [0.15, 0.2) is 0 Å². The van der Waals surface area contributed by atoms with E-state index in [1.54, 1.807) is 0 Å². The number of carbonyl (C=O) groups excluding carboxylic acids is 2. The van der Waals surface area contributed by atoms with Gasteiger partial charge < -0.3 is 14.4 Å². The molecule has 0 radical (unpaired) electrons. The molecular weight excluding hydrogens is 226 g/mol. The Bertz CT molecular complexity index is 231. The van der Waals surface area contributed by atoms with Crippen molar-refractivity contribution in [1.82, 2.24) is 4.90 Å². The van der Waals surface area contributed by atoms with Crippen molar-refractivity contribution in [1.29, 1.82) is 0 Å². The molecule has 0 aliphatic heterocycles. The smallest absolute Gasteiger partial charge is 0.310 e. The fraction of sp³-hybridized carbons (Fsp3) is 0.818. The summed E-state index contributed by atoms with van der Waals surface area (Å²) in [6.07, 6.45) is 4.71. The predicted molar refractivity (Wildman–Crippen MR) is 66.8 cm³/mol. The van der Waals surface area contributed by atoms with Gasteiger partial charge in [0.05, 0.1) is 13.0 Å². The maximum absolute atomic E-state index is 11.4. The summed E-state index contributed by atoms with van der Waals surface area (Å²) in [6, 6.07) is 0.587. The minimum atomic E-state index is -0.307. The number of rotatable bonds is 6. The van der Waals surface area contributed by atoms with Crippen molar-refractivity contribution in [3.63, 3.8) is 0 Å². The van der Waals surface area contributed by atoms with Gasteiger partial charge in [0, 0.05) is 19.0 Å². The third-order valence-corrected chi connectivity index (χ3v) is 3.12. The summed E-state index contributed by atoms with van der Waals surface area (Å²) in [5, 5.41) is 0. The molecule has 1 saturated carbocycles. The van der Waals surface area contributed by atoms with E-state index in [-0.39, 0.29) is 31.8 Å². The van der Waals surface area contributed by atoms with Crippen molar-refractivity contribution in [2.45, 2.75) is 31.7 Å². The third kappa shape index (κ3) is 4.14. The average Bonchev–Trinajstić information content (AvgIpc) is 2.13. The van der Waals surface area contributed by atoms with E-state index in [1.165, 1.54) is 26.4 Å². The summed E-state index contributed by atoms with van der Waals surface area (Å²) < 4.78 is 4.67. The molecule has 1 atom stereocenters. The quantitative estimate of drug-likeness (QED) is 0.518. The topological polar surface area (TPSA) is 46.6 Å². The highest BCUT2D eigenvalue weighted by Gasteiger charge is 2.27. The zero-order valence-electron chi connectivity index (χ0n) is 9.94. The zero-order chi connectivity index (χ0) is 11.3. The molecule has 94 valence electrons. The third-order valence-electron chi connectivity index (χ3n) is 3.12. The molecule has 5 heteroatoms. The van der Waals surface area contributed by atoms with Crippen LogP contribution in [0.25, 0.3) is 0 Å². The highest BCUT2D eigenvalue weighted by molar-refractivity contribution is 7.59. The van der Waals surface area contributed by atoms with Crippen molar-refractivity contribution in [3.8, 4) is 0 Å². The van der Waals surface area contributed by atoms with Crippen molar-refractivity contribution in [3.05, 3.63) is 0 Å². The SMILES string of the molecule is COC(=O)C(CC=O)CN(C)C1CCC1.S. The maximum atomic E-state index is 11.4. The Kier molecular flexibility index (Phi) is 7.42. The highest BCUT2D eigenvalue weighted by atomic mass is 32.1. The largest absolute Gasteiger partial charge is 0.469 e. The summed E-state index contributed by atoms with van der Waals surface area (Å²) in [5.74, 6) is -0.591. The number of ether oxygens (including phenoxy) is 1. The van der Waals surface area contributed by atoms with E-state index in [0.717, 1.165) is 6.29 Å². The van der Waals surface area contributed by atoms with Gasteiger partial charge in [0.25, 0.3) is 0 Å². The second-order valence-electron chi connectivity index (χ2n) is 4.15. The van der Waals surface area contributed by atoms with Crippen LogP contribution in [0.5, 0.6) is 0 Å². The molecule has 1 rings (SSSR count). The van der Waals surface area contributed by atoms with Crippen LogP contribution in [0.4, 0.5) is 0 Å². The van der Waals surface area contributed by atoms with E-state index in [1.807, 2.05) is 7.05 Å². The van der Waals surface area contributed by atoms with Crippen molar-refractivity contribution >= 4 is 25.8 Å². The molecule has 0 aromatic rings. The molecule has 1 aliphatic rings. The summed E-state index contributed by atoms with van der Waals surface area (Å²) in [5.41, 5.74) is 0. The van der Waals surface area contributed by atoms with Crippen LogP contribution < -0.4 is 0 Å². The Balaban J connectivity index is 0.00000225. The first-order valence-corrected chi connectivity index (χ1v) is 5.40. The molecule has 0 amide bonds. The van der Waals surface area contributed by atoms with Crippen molar-refractivity contribution < 1.29 is 14.3 Å². The fourth-order valence-electron chi connectivity index (χ4n) is 1.85. The second kappa shape index (κ2) is 7.68. The Morgan fingerprint density at radius 2 is 2.19 bits per heavy atom. The standard InChI is InChI=1S/C11H19NO3.H2S/c1-12(10-4-3-5-10)8-9(6-7-13)11(14)15-2;/h7,9-10H,3-6,8H2,1-2H3;1H2. The molecule has 16 heavy (non-hydrogen) atoms. The summed E-state index contributed by atoms with van der Waals surface area (Å²) in [4.78, 5) is 24.0. The minimum absolute atomic E-state index is 0. The van der Waals surface area contributed by atoms with E-state index in [9.17, 15) is 9.59 Å². The first-order chi connectivity index (χ1) is 7.19. The van der Waals surface area contributed by atoms with E-state index in [2.05, 4.69) is 9.64 Å². The van der Waals surface area contributed by atoms with Gasteiger partial charge in [-0.05, 0) is 19.9 Å². The summed E-state index contributed by atoms with van der Waals surface area (Å²) in [6.45, 7) is 0.621. The monoisotopic (exact) mass is 247 g/mol. The molecule has 0 heterocycles. The van der Waals surface area contributed by atoms with Gasteiger partial charge in [-0.25, -0.2) is 0 Å². The van der Waals surface area contributed by atoms with Crippen LogP contribution >= 0.6 is 13.5 Å². The molecule has 0 saturated heterocycles. The summed E-state index contributed by atoms with van der Waals surface area (Å²) >= 11 is 0. The van der Waals surface area contributed by atoms with Crippen LogP contribution in [-0.4, -0.2) is 43.9 Å². The van der Waals surface area contributed by atoms with E-state index in [4.69, 9.17) is 0 Å². The number of aldehydes is 1. The molecule has 0 spiro atoms. The van der Waals surface area contributed by atoms with Crippen LogP contribution in [-0.2, 0) is 14.3 Å². The summed E-state index contributed by atoms with van der Waals surface area (Å²) in [7, 11) is 3.37. The number of methoxy groups -OCH3 is 1. The van der Waals surface area contributed by atoms with Crippen LogP contribution in [0.2, 0.25) is 0 Å². The van der Waals surface area contributed by atoms with Gasteiger partial charge in [-0.15, -0.1) is 0 Å². The van der Waals surface area contributed by atoms with E-state index in [0.29, 0.717) is 12.6 Å². The van der Waals surface area contributed by atoms with E-state index < -0.39 is 0 Å².